The first-order valence-corrected chi connectivity index (χ1v) is 9.96. The van der Waals surface area contributed by atoms with Gasteiger partial charge in [0.2, 0.25) is 0 Å². The van der Waals surface area contributed by atoms with Crippen LogP contribution >= 0.6 is 11.3 Å². The lowest BCUT2D eigenvalue weighted by molar-refractivity contribution is 0.0935. The summed E-state index contributed by atoms with van der Waals surface area (Å²) >= 11 is 1.37. The van der Waals surface area contributed by atoms with E-state index in [1.807, 2.05) is 11.4 Å². The molecule has 3 rings (SSSR count). The zero-order valence-electron chi connectivity index (χ0n) is 15.7. The van der Waals surface area contributed by atoms with Crippen molar-refractivity contribution in [2.75, 3.05) is 0 Å². The van der Waals surface area contributed by atoms with Crippen molar-refractivity contribution in [3.05, 3.63) is 93.2 Å². The highest BCUT2D eigenvalue weighted by Gasteiger charge is 2.15. The predicted molar refractivity (Wildman–Crippen MR) is 109 cm³/mol. The molecule has 0 saturated carbocycles. The number of halogens is 2. The van der Waals surface area contributed by atoms with Gasteiger partial charge in [0.25, 0.3) is 11.8 Å². The fourth-order valence-electron chi connectivity index (χ4n) is 2.84. The van der Waals surface area contributed by atoms with Crippen molar-refractivity contribution in [3.8, 4) is 0 Å². The van der Waals surface area contributed by atoms with Crippen molar-refractivity contribution in [3.63, 3.8) is 0 Å². The highest BCUT2D eigenvalue weighted by atomic mass is 32.1. The van der Waals surface area contributed by atoms with Crippen LogP contribution in [0.2, 0.25) is 0 Å². The van der Waals surface area contributed by atoms with Crippen molar-refractivity contribution in [1.29, 1.82) is 0 Å². The van der Waals surface area contributed by atoms with E-state index in [0.29, 0.717) is 17.0 Å². The number of nitrogens with one attached hydrogen (secondary N) is 2. The summed E-state index contributed by atoms with van der Waals surface area (Å²) in [5, 5.41) is 7.40. The maximum Gasteiger partial charge on any atom is 0.261 e. The molecule has 0 aliphatic heterocycles. The minimum Gasteiger partial charge on any atom is -0.349 e. The number of hydrogen-bond acceptors (Lipinski definition) is 3. The van der Waals surface area contributed by atoms with Gasteiger partial charge in [0.1, 0.15) is 11.6 Å². The topological polar surface area (TPSA) is 58.2 Å². The minimum atomic E-state index is -0.625. The molecule has 2 aromatic carbocycles. The van der Waals surface area contributed by atoms with Crippen LogP contribution in [0.15, 0.2) is 60.0 Å². The van der Waals surface area contributed by atoms with Gasteiger partial charge >= 0.3 is 0 Å². The van der Waals surface area contributed by atoms with Gasteiger partial charge in [-0.1, -0.05) is 24.3 Å². The number of rotatable bonds is 7. The molecule has 0 fully saturated rings. The summed E-state index contributed by atoms with van der Waals surface area (Å²) in [5.74, 6) is -1.72. The standard InChI is InChI=1S/C22H20F2N2O2S/c1-14(12-17-18(23)4-2-5-19(17)24)26-21(27)16-9-7-15(8-10-16)13-25-22(28)20-6-3-11-29-20/h2-11,14H,12-13H2,1H3,(H,25,28)(H,26,27). The lowest BCUT2D eigenvalue weighted by Crippen LogP contribution is -2.34. The summed E-state index contributed by atoms with van der Waals surface area (Å²) in [7, 11) is 0. The largest absolute Gasteiger partial charge is 0.349 e. The van der Waals surface area contributed by atoms with Gasteiger partial charge in [-0.3, -0.25) is 9.59 Å². The predicted octanol–water partition coefficient (Wildman–Crippen LogP) is 4.32. The van der Waals surface area contributed by atoms with E-state index < -0.39 is 17.7 Å². The number of benzene rings is 2. The summed E-state index contributed by atoms with van der Waals surface area (Å²) in [6, 6.07) is 13.6. The number of amides is 2. The zero-order chi connectivity index (χ0) is 20.8. The molecule has 2 amide bonds. The van der Waals surface area contributed by atoms with Gasteiger partial charge in [-0.05, 0) is 54.6 Å². The first-order chi connectivity index (χ1) is 13.9. The molecule has 7 heteroatoms. The SMILES string of the molecule is CC(Cc1c(F)cccc1F)NC(=O)c1ccc(CNC(=O)c2cccs2)cc1. The van der Waals surface area contributed by atoms with E-state index in [2.05, 4.69) is 10.6 Å². The molecule has 4 nitrogen and oxygen atoms in total. The van der Waals surface area contributed by atoms with Crippen LogP contribution in [-0.2, 0) is 13.0 Å². The Hall–Kier alpha value is -3.06. The molecule has 29 heavy (non-hydrogen) atoms. The van der Waals surface area contributed by atoms with Crippen LogP contribution in [0.3, 0.4) is 0 Å². The molecule has 1 heterocycles. The molecule has 3 aromatic rings. The first-order valence-electron chi connectivity index (χ1n) is 9.08. The molecule has 0 aliphatic carbocycles. The molecule has 1 unspecified atom stereocenters. The van der Waals surface area contributed by atoms with Gasteiger partial charge in [-0.25, -0.2) is 8.78 Å². The third-order valence-electron chi connectivity index (χ3n) is 4.36. The number of hydrogen-bond donors (Lipinski definition) is 2. The van der Waals surface area contributed by atoms with Gasteiger partial charge in [-0.15, -0.1) is 11.3 Å². The average Bonchev–Trinajstić information content (AvgIpc) is 3.24. The highest BCUT2D eigenvalue weighted by Crippen LogP contribution is 2.15. The van der Waals surface area contributed by atoms with Crippen LogP contribution in [0, 0.1) is 11.6 Å². The van der Waals surface area contributed by atoms with E-state index in [0.717, 1.165) is 5.56 Å². The van der Waals surface area contributed by atoms with Gasteiger partial charge < -0.3 is 10.6 Å². The maximum absolute atomic E-state index is 13.8. The summed E-state index contributed by atoms with van der Waals surface area (Å²) in [5.41, 5.74) is 1.24. The van der Waals surface area contributed by atoms with Crippen molar-refractivity contribution in [2.45, 2.75) is 25.9 Å². The molecule has 0 bridgehead atoms. The van der Waals surface area contributed by atoms with E-state index in [1.165, 1.54) is 29.5 Å². The fourth-order valence-corrected chi connectivity index (χ4v) is 3.48. The molecule has 0 saturated heterocycles. The lowest BCUT2D eigenvalue weighted by Gasteiger charge is -2.15. The van der Waals surface area contributed by atoms with Crippen LogP contribution in [0.1, 0.15) is 38.1 Å². The second kappa shape index (κ2) is 9.43. The van der Waals surface area contributed by atoms with E-state index in [9.17, 15) is 18.4 Å². The van der Waals surface area contributed by atoms with Crippen molar-refractivity contribution in [1.82, 2.24) is 10.6 Å². The van der Waals surface area contributed by atoms with Crippen LogP contribution in [-0.4, -0.2) is 17.9 Å². The Kier molecular flexibility index (Phi) is 6.72. The second-order valence-electron chi connectivity index (χ2n) is 6.64. The molecule has 150 valence electrons. The fraction of sp³-hybridized carbons (Fsp3) is 0.182. The molecular weight excluding hydrogens is 394 g/mol. The smallest absolute Gasteiger partial charge is 0.261 e. The Morgan fingerprint density at radius 2 is 1.66 bits per heavy atom. The molecule has 0 aliphatic rings. The van der Waals surface area contributed by atoms with Crippen LogP contribution < -0.4 is 10.6 Å². The molecular formula is C22H20F2N2O2S. The normalized spacial score (nSPS) is 11.7. The van der Waals surface area contributed by atoms with Gasteiger partial charge in [-0.2, -0.15) is 0 Å². The summed E-state index contributed by atoms with van der Waals surface area (Å²) in [4.78, 5) is 25.0. The first kappa shape index (κ1) is 20.7. The van der Waals surface area contributed by atoms with Gasteiger partial charge in [0.15, 0.2) is 0 Å². The Balaban J connectivity index is 1.54. The summed E-state index contributed by atoms with van der Waals surface area (Å²) in [6.07, 6.45) is 0.0527. The second-order valence-corrected chi connectivity index (χ2v) is 7.58. The van der Waals surface area contributed by atoms with Crippen molar-refractivity contribution < 1.29 is 18.4 Å². The molecule has 1 aromatic heterocycles. The van der Waals surface area contributed by atoms with Crippen molar-refractivity contribution in [2.24, 2.45) is 0 Å². The average molecular weight is 414 g/mol. The number of carbonyl (C=O) groups excluding carboxylic acids is 2. The van der Waals surface area contributed by atoms with Crippen LogP contribution in [0.4, 0.5) is 8.78 Å². The van der Waals surface area contributed by atoms with E-state index in [-0.39, 0.29) is 23.8 Å². The molecule has 0 spiro atoms. The molecule has 2 N–H and O–H groups in total. The maximum atomic E-state index is 13.8. The Morgan fingerprint density at radius 1 is 0.966 bits per heavy atom. The van der Waals surface area contributed by atoms with E-state index in [1.54, 1.807) is 37.3 Å². The third-order valence-corrected chi connectivity index (χ3v) is 5.23. The number of carbonyl (C=O) groups is 2. The minimum absolute atomic E-state index is 0.0443. The summed E-state index contributed by atoms with van der Waals surface area (Å²) in [6.45, 7) is 2.04. The van der Waals surface area contributed by atoms with Crippen molar-refractivity contribution >= 4 is 23.2 Å². The molecule has 1 atom stereocenters. The Morgan fingerprint density at radius 3 is 2.28 bits per heavy atom. The third kappa shape index (κ3) is 5.48. The van der Waals surface area contributed by atoms with E-state index >= 15 is 0 Å². The van der Waals surface area contributed by atoms with Crippen LogP contribution in [0.25, 0.3) is 0 Å². The Labute approximate surface area is 171 Å². The summed E-state index contributed by atoms with van der Waals surface area (Å²) < 4.78 is 27.5. The monoisotopic (exact) mass is 414 g/mol. The van der Waals surface area contributed by atoms with Gasteiger partial charge in [0, 0.05) is 23.7 Å². The van der Waals surface area contributed by atoms with Gasteiger partial charge in [0.05, 0.1) is 4.88 Å². The number of thiophene rings is 1. The Bertz CT molecular complexity index is 968. The zero-order valence-corrected chi connectivity index (χ0v) is 16.6. The quantitative estimate of drug-likeness (QED) is 0.605. The van der Waals surface area contributed by atoms with E-state index in [4.69, 9.17) is 0 Å². The highest BCUT2D eigenvalue weighted by molar-refractivity contribution is 7.12. The lowest BCUT2D eigenvalue weighted by atomic mass is 10.0. The van der Waals surface area contributed by atoms with Crippen LogP contribution in [0.5, 0.6) is 0 Å². The molecule has 0 radical (unpaired) electrons.